The maximum absolute atomic E-state index is 10.2. The van der Waals surface area contributed by atoms with E-state index in [1.807, 2.05) is 18.2 Å². The van der Waals surface area contributed by atoms with Gasteiger partial charge in [-0.1, -0.05) is 61.6 Å². The molecule has 0 amide bonds. The van der Waals surface area contributed by atoms with Gasteiger partial charge >= 0.3 is 0 Å². The predicted molar refractivity (Wildman–Crippen MR) is 157 cm³/mol. The number of furan rings is 1. The first-order valence-corrected chi connectivity index (χ1v) is 16.0. The quantitative estimate of drug-likeness (QED) is 0.193. The van der Waals surface area contributed by atoms with Crippen molar-refractivity contribution in [2.45, 2.75) is 20.0 Å². The summed E-state index contributed by atoms with van der Waals surface area (Å²) in [6, 6.07) is 32.5. The van der Waals surface area contributed by atoms with Crippen molar-refractivity contribution in [1.82, 2.24) is 0 Å². The second-order valence-electron chi connectivity index (χ2n) is 10.8. The molecule has 0 N–H and O–H groups in total. The van der Waals surface area contributed by atoms with Crippen LogP contribution in [0.15, 0.2) is 95.5 Å². The highest BCUT2D eigenvalue weighted by atomic mass is 28.3. The second-order valence-corrected chi connectivity index (χ2v) is 15.2. The smallest absolute Gasteiger partial charge is 0.216 e. The molecule has 7 rings (SSSR count). The van der Waals surface area contributed by atoms with Crippen LogP contribution in [-0.2, 0) is 7.05 Å². The molecule has 0 saturated carbocycles. The number of nitrogens with zero attached hydrogens (tertiary/aromatic N) is 2. The lowest BCUT2D eigenvalue weighted by Crippen LogP contribution is -2.49. The molecule has 0 spiro atoms. The van der Waals surface area contributed by atoms with Gasteiger partial charge in [-0.2, -0.15) is 5.26 Å². The fourth-order valence-corrected chi connectivity index (χ4v) is 9.43. The van der Waals surface area contributed by atoms with Gasteiger partial charge in [0.15, 0.2) is 6.20 Å². The Morgan fingerprint density at radius 2 is 1.47 bits per heavy atom. The first kappa shape index (κ1) is 22.7. The van der Waals surface area contributed by atoms with Gasteiger partial charge in [-0.3, -0.25) is 0 Å². The third-order valence-electron chi connectivity index (χ3n) is 8.32. The Labute approximate surface area is 223 Å². The van der Waals surface area contributed by atoms with Crippen LogP contribution in [0.4, 0.5) is 0 Å². The van der Waals surface area contributed by atoms with E-state index in [4.69, 9.17) is 4.42 Å². The van der Waals surface area contributed by atoms with Crippen molar-refractivity contribution in [3.63, 3.8) is 0 Å². The maximum Gasteiger partial charge on any atom is 0.216 e. The molecule has 0 aliphatic carbocycles. The lowest BCUT2D eigenvalue weighted by Gasteiger charge is -2.18. The number of pyridine rings is 1. The summed E-state index contributed by atoms with van der Waals surface area (Å²) >= 11 is 0. The summed E-state index contributed by atoms with van der Waals surface area (Å²) in [5, 5.41) is 15.2. The molecule has 0 fully saturated rings. The van der Waals surface area contributed by atoms with Gasteiger partial charge in [-0.15, -0.1) is 0 Å². The molecule has 2 aromatic heterocycles. The van der Waals surface area contributed by atoms with Gasteiger partial charge in [0, 0.05) is 28.5 Å². The zero-order valence-electron chi connectivity index (χ0n) is 22.0. The fraction of sp³-hybridized carbons (Fsp3) is 0.118. The van der Waals surface area contributed by atoms with Crippen LogP contribution in [0.5, 0.6) is 0 Å². The van der Waals surface area contributed by atoms with E-state index in [1.165, 1.54) is 21.5 Å². The summed E-state index contributed by atoms with van der Waals surface area (Å²) in [6.45, 7) is 6.97. The fourth-order valence-electron chi connectivity index (χ4n) is 6.36. The Bertz CT molecular complexity index is 1990. The van der Waals surface area contributed by atoms with Crippen LogP contribution in [0.1, 0.15) is 11.1 Å². The first-order valence-electron chi connectivity index (χ1n) is 13.0. The van der Waals surface area contributed by atoms with Crippen molar-refractivity contribution < 1.29 is 8.98 Å². The van der Waals surface area contributed by atoms with Crippen molar-refractivity contribution in [2.24, 2.45) is 7.05 Å². The lowest BCUT2D eigenvalue weighted by atomic mass is 9.94. The summed E-state index contributed by atoms with van der Waals surface area (Å²) in [5.74, 6) is 0. The standard InChI is InChI=1S/C34H27N2OSi/c1-21-12-15-25-26-16-13-23(20-35)32(34(26)37-33(25)31(21)28-10-7-8-18-36(28)2)22-14-17-30-27(19-22)24-9-5-6-11-29(24)38(30,3)4/h5-19H,1-4H3/q+1. The highest BCUT2D eigenvalue weighted by Gasteiger charge is 2.37. The van der Waals surface area contributed by atoms with Gasteiger partial charge < -0.3 is 4.42 Å². The Morgan fingerprint density at radius 3 is 2.26 bits per heavy atom. The molecule has 3 heterocycles. The van der Waals surface area contributed by atoms with E-state index in [2.05, 4.69) is 111 Å². The van der Waals surface area contributed by atoms with Crippen LogP contribution in [-0.4, -0.2) is 8.07 Å². The van der Waals surface area contributed by atoms with Crippen molar-refractivity contribution in [3.8, 4) is 39.6 Å². The first-order chi connectivity index (χ1) is 18.4. The molecule has 182 valence electrons. The summed E-state index contributed by atoms with van der Waals surface area (Å²) in [4.78, 5) is 0. The van der Waals surface area contributed by atoms with Crippen LogP contribution in [0.3, 0.4) is 0 Å². The number of aromatic nitrogens is 1. The summed E-state index contributed by atoms with van der Waals surface area (Å²) in [6.07, 6.45) is 2.06. The molecule has 0 atom stereocenters. The third-order valence-corrected chi connectivity index (χ3v) is 11.9. The number of fused-ring (bicyclic) bond motifs is 6. The zero-order valence-corrected chi connectivity index (χ0v) is 23.0. The third kappa shape index (κ3) is 3.03. The molecule has 4 aromatic carbocycles. The summed E-state index contributed by atoms with van der Waals surface area (Å²) in [7, 11) is 0.303. The number of aryl methyl sites for hydroxylation is 2. The second kappa shape index (κ2) is 8.02. The minimum Gasteiger partial charge on any atom is -0.454 e. The van der Waals surface area contributed by atoms with Gasteiger partial charge in [-0.05, 0) is 63.8 Å². The van der Waals surface area contributed by atoms with Crippen LogP contribution >= 0.6 is 0 Å². The van der Waals surface area contributed by atoms with E-state index in [9.17, 15) is 5.26 Å². The Morgan fingerprint density at radius 1 is 0.763 bits per heavy atom. The lowest BCUT2D eigenvalue weighted by molar-refractivity contribution is -0.660. The summed E-state index contributed by atoms with van der Waals surface area (Å²) in [5.41, 5.74) is 10.1. The van der Waals surface area contributed by atoms with Crippen molar-refractivity contribution in [1.29, 1.82) is 5.26 Å². The van der Waals surface area contributed by atoms with E-state index in [0.29, 0.717) is 5.56 Å². The average molecular weight is 508 g/mol. The van der Waals surface area contributed by atoms with E-state index < -0.39 is 8.07 Å². The Hall–Kier alpha value is -4.46. The number of benzene rings is 4. The van der Waals surface area contributed by atoms with Crippen LogP contribution in [0.25, 0.3) is 55.4 Å². The molecule has 38 heavy (non-hydrogen) atoms. The number of nitriles is 1. The predicted octanol–water partition coefficient (Wildman–Crippen LogP) is 6.73. The molecule has 0 unspecified atom stereocenters. The Kier molecular flexibility index (Phi) is 4.79. The topological polar surface area (TPSA) is 40.8 Å². The van der Waals surface area contributed by atoms with Gasteiger partial charge in [0.05, 0.1) is 17.2 Å². The molecule has 1 aliphatic rings. The molecule has 6 aromatic rings. The monoisotopic (exact) mass is 507 g/mol. The largest absolute Gasteiger partial charge is 0.454 e. The zero-order chi connectivity index (χ0) is 26.2. The minimum atomic E-state index is -1.75. The molecule has 0 bridgehead atoms. The van der Waals surface area contributed by atoms with Crippen molar-refractivity contribution >= 4 is 40.4 Å². The van der Waals surface area contributed by atoms with Crippen LogP contribution < -0.4 is 14.9 Å². The molecule has 3 nitrogen and oxygen atoms in total. The molecular formula is C34H27N2OSi+. The van der Waals surface area contributed by atoms with E-state index in [-0.39, 0.29) is 0 Å². The highest BCUT2D eigenvalue weighted by Crippen LogP contribution is 2.42. The molecule has 1 aliphatic heterocycles. The van der Waals surface area contributed by atoms with Crippen LogP contribution in [0.2, 0.25) is 13.1 Å². The molecular weight excluding hydrogens is 480 g/mol. The van der Waals surface area contributed by atoms with E-state index >= 15 is 0 Å². The minimum absolute atomic E-state index is 0.628. The number of hydrogen-bond acceptors (Lipinski definition) is 2. The molecule has 4 heteroatoms. The van der Waals surface area contributed by atoms with Crippen molar-refractivity contribution in [2.75, 3.05) is 0 Å². The summed E-state index contributed by atoms with van der Waals surface area (Å²) < 4.78 is 8.90. The SMILES string of the molecule is Cc1ccc2c(oc3c(-c4ccc5c(c4)-c4ccccc4[Si]5(C)C)c(C#N)ccc32)c1-c1cccc[n+]1C. The number of rotatable bonds is 2. The molecule has 0 radical (unpaired) electrons. The van der Waals surface area contributed by atoms with Crippen molar-refractivity contribution in [3.05, 3.63) is 102 Å². The molecule has 0 saturated heterocycles. The maximum atomic E-state index is 10.2. The van der Waals surface area contributed by atoms with E-state index in [0.717, 1.165) is 49.9 Å². The van der Waals surface area contributed by atoms with Gasteiger partial charge in [0.2, 0.25) is 5.69 Å². The Balaban J connectivity index is 1.54. The normalized spacial score (nSPS) is 13.4. The number of hydrogen-bond donors (Lipinski definition) is 0. The average Bonchev–Trinajstić information content (AvgIpc) is 3.41. The van der Waals surface area contributed by atoms with Gasteiger partial charge in [0.1, 0.15) is 26.3 Å². The van der Waals surface area contributed by atoms with Gasteiger partial charge in [-0.25, -0.2) is 4.57 Å². The highest BCUT2D eigenvalue weighted by molar-refractivity contribution is 7.03. The van der Waals surface area contributed by atoms with Crippen LogP contribution in [0, 0.1) is 18.3 Å². The van der Waals surface area contributed by atoms with Gasteiger partial charge in [0.25, 0.3) is 0 Å². The van der Waals surface area contributed by atoms with E-state index in [1.54, 1.807) is 0 Å².